The predicted molar refractivity (Wildman–Crippen MR) is 123 cm³/mol. The fraction of sp³-hybridized carbons (Fsp3) is 0.600. The molecule has 1 aromatic rings. The van der Waals surface area contributed by atoms with Crippen LogP contribution in [0.1, 0.15) is 50.6 Å². The largest absolute Gasteiger partial charge is 0.505 e. The second kappa shape index (κ2) is 10.1. The summed E-state index contributed by atoms with van der Waals surface area (Å²) in [4.78, 5) is 24.0. The van der Waals surface area contributed by atoms with Crippen LogP contribution in [-0.4, -0.2) is 65.2 Å². The van der Waals surface area contributed by atoms with E-state index in [4.69, 9.17) is 32.0 Å². The topological polar surface area (TPSA) is 105 Å². The summed E-state index contributed by atoms with van der Waals surface area (Å²) in [6, 6.07) is 4.08. The first-order valence-corrected chi connectivity index (χ1v) is 12.6. The van der Waals surface area contributed by atoms with E-state index in [-0.39, 0.29) is 24.1 Å². The second-order valence-corrected chi connectivity index (χ2v) is 10.7. The van der Waals surface area contributed by atoms with Gasteiger partial charge in [-0.25, -0.2) is 17.9 Å². The van der Waals surface area contributed by atoms with E-state index in [0.717, 1.165) is 12.8 Å². The van der Waals surface area contributed by atoms with E-state index in [2.05, 4.69) is 10.0 Å². The number of hydrogen-bond acceptors (Lipinski definition) is 5. The molecule has 3 amide bonds. The van der Waals surface area contributed by atoms with Crippen molar-refractivity contribution in [2.75, 3.05) is 18.8 Å². The molecule has 4 radical (unpaired) electrons. The molecule has 3 rings (SSSR count). The first-order chi connectivity index (χ1) is 15.0. The molecule has 1 atom stereocenters. The molecule has 2 N–H and O–H groups in total. The maximum absolute atomic E-state index is 12.5. The number of unbranched alkanes of at least 4 members (excludes halogenated alkanes) is 2. The van der Waals surface area contributed by atoms with Crippen molar-refractivity contribution in [2.45, 2.75) is 50.5 Å². The Hall–Kier alpha value is -1.71. The van der Waals surface area contributed by atoms with Crippen LogP contribution in [0.3, 0.4) is 0 Å². The van der Waals surface area contributed by atoms with E-state index in [0.29, 0.717) is 42.1 Å². The highest BCUT2D eigenvalue weighted by atomic mass is 35.5. The van der Waals surface area contributed by atoms with E-state index in [1.54, 1.807) is 25.1 Å². The maximum atomic E-state index is 12.5. The molecule has 0 spiro atoms. The number of halogens is 1. The molecule has 0 unspecified atom stereocenters. The highest BCUT2D eigenvalue weighted by molar-refractivity contribution is 7.89. The van der Waals surface area contributed by atoms with Crippen LogP contribution in [0.5, 0.6) is 5.75 Å². The Morgan fingerprint density at radius 2 is 2.00 bits per heavy atom. The number of carbonyl (C=O) groups excluding carboxylic acids is 2. The molecule has 0 bridgehead atoms. The molecule has 2 fully saturated rings. The van der Waals surface area contributed by atoms with Crippen molar-refractivity contribution < 1.29 is 22.7 Å². The zero-order chi connectivity index (χ0) is 23.5. The zero-order valence-corrected chi connectivity index (χ0v) is 19.5. The van der Waals surface area contributed by atoms with Gasteiger partial charge < -0.3 is 9.64 Å². The zero-order valence-electron chi connectivity index (χ0n) is 18.0. The van der Waals surface area contributed by atoms with Crippen LogP contribution in [-0.2, 0) is 14.8 Å². The van der Waals surface area contributed by atoms with Crippen LogP contribution in [0.2, 0.25) is 5.02 Å². The Labute approximate surface area is 196 Å². The molecule has 1 saturated carbocycles. The van der Waals surface area contributed by atoms with Crippen LogP contribution in [0.15, 0.2) is 18.2 Å². The highest BCUT2D eigenvalue weighted by Gasteiger charge is 2.38. The number of carbonyl (C=O) groups is 2. The first-order valence-electron chi connectivity index (χ1n) is 10.6. The molecule has 0 aromatic heterocycles. The van der Waals surface area contributed by atoms with Gasteiger partial charge in [-0.3, -0.25) is 10.1 Å². The Kier molecular flexibility index (Phi) is 7.83. The number of benzene rings is 1. The lowest BCUT2D eigenvalue weighted by atomic mass is 9.62. The van der Waals surface area contributed by atoms with Crippen LogP contribution >= 0.6 is 11.6 Å². The molecular weight excluding hydrogens is 451 g/mol. The number of ether oxygens (including phenoxy) is 1. The quantitative estimate of drug-likeness (QED) is 0.272. The van der Waals surface area contributed by atoms with Gasteiger partial charge in [0, 0.05) is 18.0 Å². The van der Waals surface area contributed by atoms with Crippen molar-refractivity contribution >= 4 is 49.3 Å². The number of sulfonamides is 1. The van der Waals surface area contributed by atoms with Gasteiger partial charge in [-0.15, -0.1) is 0 Å². The van der Waals surface area contributed by atoms with Crippen molar-refractivity contribution in [3.63, 3.8) is 0 Å². The number of imide groups is 1. The summed E-state index contributed by atoms with van der Waals surface area (Å²) in [6.07, 6.45) is 3.45. The lowest BCUT2D eigenvalue weighted by molar-refractivity contribution is -0.118. The summed E-state index contributed by atoms with van der Waals surface area (Å²) >= 11 is 6.21. The number of nitrogens with one attached hydrogen (secondary N) is 2. The Morgan fingerprint density at radius 1 is 1.28 bits per heavy atom. The van der Waals surface area contributed by atoms with Gasteiger partial charge >= 0.3 is 6.03 Å². The third-order valence-electron chi connectivity index (χ3n) is 5.52. The molecule has 1 saturated heterocycles. The average molecular weight is 478 g/mol. The van der Waals surface area contributed by atoms with E-state index < -0.39 is 27.5 Å². The van der Waals surface area contributed by atoms with Gasteiger partial charge in [0.25, 0.3) is 0 Å². The van der Waals surface area contributed by atoms with Crippen LogP contribution < -0.4 is 14.8 Å². The fourth-order valence-electron chi connectivity index (χ4n) is 3.51. The summed E-state index contributed by atoms with van der Waals surface area (Å²) in [5, 5.41) is 1.24. The lowest BCUT2D eigenvalue weighted by Gasteiger charge is -2.29. The van der Waals surface area contributed by atoms with E-state index in [1.165, 1.54) is 4.90 Å². The van der Waals surface area contributed by atoms with Crippen LogP contribution in [0.4, 0.5) is 4.79 Å². The monoisotopic (exact) mass is 477 g/mol. The number of amides is 3. The molecule has 170 valence electrons. The molecular formula is C20H26B2ClN3O5S. The Morgan fingerprint density at radius 3 is 2.62 bits per heavy atom. The second-order valence-electron chi connectivity index (χ2n) is 8.41. The van der Waals surface area contributed by atoms with Crippen molar-refractivity contribution in [3.8, 4) is 5.75 Å². The van der Waals surface area contributed by atoms with Gasteiger partial charge in [0.2, 0.25) is 15.9 Å². The molecule has 2 aliphatic rings. The van der Waals surface area contributed by atoms with Gasteiger partial charge in [0.1, 0.15) is 28.0 Å². The molecule has 12 heteroatoms. The first kappa shape index (κ1) is 24.9. The molecule has 1 aliphatic carbocycles. The number of nitrogens with zero attached hydrogens (tertiary/aromatic N) is 1. The van der Waals surface area contributed by atoms with Crippen molar-refractivity contribution in [2.24, 2.45) is 5.92 Å². The summed E-state index contributed by atoms with van der Waals surface area (Å²) < 4.78 is 33.3. The molecule has 1 aromatic carbocycles. The smallest absolute Gasteiger partial charge is 0.324 e. The molecule has 1 aliphatic heterocycles. The minimum atomic E-state index is -3.53. The highest BCUT2D eigenvalue weighted by Crippen LogP contribution is 2.40. The van der Waals surface area contributed by atoms with Gasteiger partial charge in [0.05, 0.1) is 10.8 Å². The van der Waals surface area contributed by atoms with Crippen molar-refractivity contribution in [3.05, 3.63) is 28.8 Å². The summed E-state index contributed by atoms with van der Waals surface area (Å²) in [7, 11) is 8.53. The maximum Gasteiger partial charge on any atom is 0.324 e. The van der Waals surface area contributed by atoms with Crippen molar-refractivity contribution in [1.82, 2.24) is 14.9 Å². The minimum Gasteiger partial charge on any atom is -0.505 e. The number of urea groups is 1. The van der Waals surface area contributed by atoms with E-state index in [1.807, 2.05) is 0 Å². The third-order valence-corrected chi connectivity index (χ3v) is 7.37. The minimum absolute atomic E-state index is 0.0458. The summed E-state index contributed by atoms with van der Waals surface area (Å²) in [6.45, 7) is 2.20. The van der Waals surface area contributed by atoms with E-state index >= 15 is 0 Å². The number of hydrogen-bond donors (Lipinski definition) is 2. The predicted octanol–water partition coefficient (Wildman–Crippen LogP) is 1.82. The normalized spacial score (nSPS) is 18.0. The standard InChI is InChI=1S/C20H26B2ClN3O5S/c1-13(14-5-8-16(23)17(11-14)31-20(21,22)15-6-7-15)25-32(29,30)10-4-2-3-9-26-12-18(27)24-19(26)28/h5,8,11,13,15,25H,2-4,6-7,9-10,12H2,1H3,(H,24,27,28)/t13-/m1/s1. The lowest BCUT2D eigenvalue weighted by Crippen LogP contribution is -2.39. The Balaban J connectivity index is 1.47. The molecule has 1 heterocycles. The Bertz CT molecular complexity index is 972. The van der Waals surface area contributed by atoms with Gasteiger partial charge in [0.15, 0.2) is 0 Å². The fourth-order valence-corrected chi connectivity index (χ4v) is 5.04. The molecule has 8 nitrogen and oxygen atoms in total. The van der Waals surface area contributed by atoms with Crippen molar-refractivity contribution in [1.29, 1.82) is 0 Å². The third kappa shape index (κ3) is 6.89. The average Bonchev–Trinajstić information content (AvgIpc) is 3.49. The van der Waals surface area contributed by atoms with Crippen LogP contribution in [0, 0.1) is 5.92 Å². The van der Waals surface area contributed by atoms with Gasteiger partial charge in [-0.05, 0) is 56.2 Å². The summed E-state index contributed by atoms with van der Waals surface area (Å²) in [5.74, 6) is 0.0215. The molecule has 32 heavy (non-hydrogen) atoms. The summed E-state index contributed by atoms with van der Waals surface area (Å²) in [5.41, 5.74) is 0.671. The number of rotatable bonds is 12. The SMILES string of the molecule is [B]C([B])(Oc1cc([C@@H](C)NS(=O)(=O)CCCCCN2CC(=O)NC2=O)ccc1Cl)C1CC1. The van der Waals surface area contributed by atoms with Gasteiger partial charge in [-0.1, -0.05) is 24.1 Å². The van der Waals surface area contributed by atoms with Crippen LogP contribution in [0.25, 0.3) is 0 Å². The van der Waals surface area contributed by atoms with Gasteiger partial charge in [-0.2, -0.15) is 0 Å². The van der Waals surface area contributed by atoms with E-state index in [9.17, 15) is 18.0 Å².